The molecule has 2 aromatic rings. The molecule has 2 rings (SSSR count). The minimum absolute atomic E-state index is 0.0965. The van der Waals surface area contributed by atoms with E-state index in [4.69, 9.17) is 9.47 Å². The Kier molecular flexibility index (Phi) is 7.66. The van der Waals surface area contributed by atoms with Crippen molar-refractivity contribution in [3.63, 3.8) is 0 Å². The van der Waals surface area contributed by atoms with E-state index in [-0.39, 0.29) is 12.0 Å². The maximum atomic E-state index is 10.2. The van der Waals surface area contributed by atoms with Gasteiger partial charge in [-0.3, -0.25) is 0 Å². The van der Waals surface area contributed by atoms with E-state index in [0.29, 0.717) is 13.1 Å². The van der Waals surface area contributed by atoms with Crippen molar-refractivity contribution in [3.05, 3.63) is 59.7 Å². The van der Waals surface area contributed by atoms with E-state index < -0.39 is 12.2 Å². The number of hydrogen-bond donors (Lipinski definition) is 3. The minimum Gasteiger partial charge on any atom is -0.497 e. The molecule has 0 aliphatic rings. The Bertz CT molecular complexity index is 697. The molecule has 0 saturated carbocycles. The summed E-state index contributed by atoms with van der Waals surface area (Å²) in [5.74, 6) is 1.54. The summed E-state index contributed by atoms with van der Waals surface area (Å²) < 4.78 is 11.2. The van der Waals surface area contributed by atoms with Crippen LogP contribution in [-0.4, -0.2) is 43.1 Å². The molecule has 0 heterocycles. The molecular formula is C22H32NO4+. The number of aliphatic hydroxyl groups is 2. The van der Waals surface area contributed by atoms with Crippen LogP contribution in [0.2, 0.25) is 0 Å². The van der Waals surface area contributed by atoms with Gasteiger partial charge in [0.15, 0.2) is 0 Å². The molecule has 148 valence electrons. The molecule has 0 saturated heterocycles. The summed E-state index contributed by atoms with van der Waals surface area (Å²) in [7, 11) is 1.64. The molecule has 0 fully saturated rings. The number of hydrogen-bond acceptors (Lipinski definition) is 4. The van der Waals surface area contributed by atoms with E-state index >= 15 is 0 Å². The molecule has 0 aromatic heterocycles. The first-order valence-corrected chi connectivity index (χ1v) is 9.35. The standard InChI is InChI=1S/C22H31NO4/c1-22(2,3)19-12-18(26-4)10-11-21(19)27-15-17(24)13-23-14-20(25)16-8-6-5-7-9-16/h5-12,17,20,23-25H,13-15H2,1-4H3/p+1/t17-,20+/m0/s1. The monoisotopic (exact) mass is 374 g/mol. The summed E-state index contributed by atoms with van der Waals surface area (Å²) >= 11 is 0. The zero-order valence-electron chi connectivity index (χ0n) is 16.7. The summed E-state index contributed by atoms with van der Waals surface area (Å²) in [5, 5.41) is 22.3. The van der Waals surface area contributed by atoms with Crippen LogP contribution in [0.1, 0.15) is 38.0 Å². The molecule has 2 atom stereocenters. The molecule has 0 radical (unpaired) electrons. The molecule has 0 aliphatic carbocycles. The number of benzene rings is 2. The minimum atomic E-state index is -0.622. The maximum absolute atomic E-state index is 10.2. The molecule has 0 bridgehead atoms. The van der Waals surface area contributed by atoms with Gasteiger partial charge in [-0.2, -0.15) is 0 Å². The summed E-state index contributed by atoms with van der Waals surface area (Å²) in [6.07, 6.45) is -1.17. The summed E-state index contributed by atoms with van der Waals surface area (Å²) in [6, 6.07) is 15.3. The van der Waals surface area contributed by atoms with Gasteiger partial charge in [-0.05, 0) is 29.2 Å². The van der Waals surface area contributed by atoms with Crippen molar-refractivity contribution in [2.24, 2.45) is 0 Å². The zero-order valence-corrected chi connectivity index (χ0v) is 16.7. The summed E-state index contributed by atoms with van der Waals surface area (Å²) in [5.41, 5.74) is 1.82. The average molecular weight is 375 g/mol. The van der Waals surface area contributed by atoms with Gasteiger partial charge >= 0.3 is 0 Å². The van der Waals surface area contributed by atoms with E-state index in [9.17, 15) is 10.2 Å². The normalized spacial score (nSPS) is 13.9. The molecule has 27 heavy (non-hydrogen) atoms. The van der Waals surface area contributed by atoms with Gasteiger partial charge in [-0.15, -0.1) is 0 Å². The van der Waals surface area contributed by atoms with Gasteiger partial charge in [0.05, 0.1) is 7.11 Å². The summed E-state index contributed by atoms with van der Waals surface area (Å²) in [4.78, 5) is 0. The number of rotatable bonds is 9. The van der Waals surface area contributed by atoms with Crippen molar-refractivity contribution in [3.8, 4) is 11.5 Å². The third-order valence-electron chi connectivity index (χ3n) is 4.44. The highest BCUT2D eigenvalue weighted by Gasteiger charge is 2.21. The predicted octanol–water partition coefficient (Wildman–Crippen LogP) is 2.03. The van der Waals surface area contributed by atoms with E-state index in [1.807, 2.05) is 53.8 Å². The average Bonchev–Trinajstić information content (AvgIpc) is 2.66. The number of quaternary nitrogens is 1. The van der Waals surface area contributed by atoms with Gasteiger partial charge in [0.2, 0.25) is 0 Å². The highest BCUT2D eigenvalue weighted by atomic mass is 16.5. The van der Waals surface area contributed by atoms with Crippen LogP contribution in [0.25, 0.3) is 0 Å². The van der Waals surface area contributed by atoms with Gasteiger partial charge in [-0.25, -0.2) is 0 Å². The fourth-order valence-corrected chi connectivity index (χ4v) is 2.86. The second-order valence-electron chi connectivity index (χ2n) is 7.76. The van der Waals surface area contributed by atoms with Crippen LogP contribution in [0.3, 0.4) is 0 Å². The lowest BCUT2D eigenvalue weighted by Crippen LogP contribution is -2.87. The Balaban J connectivity index is 1.84. The Morgan fingerprint density at radius 3 is 2.33 bits per heavy atom. The lowest BCUT2D eigenvalue weighted by molar-refractivity contribution is -0.668. The number of ether oxygens (including phenoxy) is 2. The van der Waals surface area contributed by atoms with Gasteiger partial charge in [0, 0.05) is 5.56 Å². The van der Waals surface area contributed by atoms with Crippen molar-refractivity contribution in [2.75, 3.05) is 26.8 Å². The molecule has 5 nitrogen and oxygen atoms in total. The third kappa shape index (κ3) is 6.54. The molecule has 2 aromatic carbocycles. The topological polar surface area (TPSA) is 75.5 Å². The predicted molar refractivity (Wildman–Crippen MR) is 106 cm³/mol. The largest absolute Gasteiger partial charge is 0.497 e. The van der Waals surface area contributed by atoms with E-state index in [0.717, 1.165) is 22.6 Å². The quantitative estimate of drug-likeness (QED) is 0.628. The van der Waals surface area contributed by atoms with Crippen molar-refractivity contribution in [1.82, 2.24) is 0 Å². The second kappa shape index (κ2) is 9.74. The fraction of sp³-hybridized carbons (Fsp3) is 0.455. The highest BCUT2D eigenvalue weighted by molar-refractivity contribution is 5.44. The first-order valence-electron chi connectivity index (χ1n) is 9.35. The highest BCUT2D eigenvalue weighted by Crippen LogP contribution is 2.34. The van der Waals surface area contributed by atoms with Crippen LogP contribution >= 0.6 is 0 Å². The van der Waals surface area contributed by atoms with Crippen molar-refractivity contribution < 1.29 is 25.0 Å². The molecule has 5 heteroatoms. The Morgan fingerprint density at radius 2 is 1.70 bits per heavy atom. The van der Waals surface area contributed by atoms with Crippen molar-refractivity contribution in [2.45, 2.75) is 38.4 Å². The van der Waals surface area contributed by atoms with Gasteiger partial charge in [0.25, 0.3) is 0 Å². The smallest absolute Gasteiger partial charge is 0.137 e. The number of methoxy groups -OCH3 is 1. The maximum Gasteiger partial charge on any atom is 0.137 e. The molecule has 0 aliphatic heterocycles. The van der Waals surface area contributed by atoms with Crippen LogP contribution in [0.4, 0.5) is 0 Å². The van der Waals surface area contributed by atoms with Crippen molar-refractivity contribution in [1.29, 1.82) is 0 Å². The third-order valence-corrected chi connectivity index (χ3v) is 4.44. The number of aliphatic hydroxyl groups excluding tert-OH is 2. The van der Waals surface area contributed by atoms with Gasteiger partial charge in [0.1, 0.15) is 43.4 Å². The Labute approximate surface area is 162 Å². The van der Waals surface area contributed by atoms with E-state index in [1.165, 1.54) is 0 Å². The first kappa shape index (κ1) is 21.2. The second-order valence-corrected chi connectivity index (χ2v) is 7.76. The van der Waals surface area contributed by atoms with E-state index in [1.54, 1.807) is 7.11 Å². The van der Waals surface area contributed by atoms with Crippen LogP contribution in [0.15, 0.2) is 48.5 Å². The molecule has 0 amide bonds. The fourth-order valence-electron chi connectivity index (χ4n) is 2.86. The zero-order chi connectivity index (χ0) is 19.9. The molecule has 0 unspecified atom stereocenters. The van der Waals surface area contributed by atoms with Gasteiger partial charge < -0.3 is 25.0 Å². The van der Waals surface area contributed by atoms with Gasteiger partial charge in [-0.1, -0.05) is 51.1 Å². The molecule has 0 spiro atoms. The lowest BCUT2D eigenvalue weighted by Gasteiger charge is -2.24. The lowest BCUT2D eigenvalue weighted by atomic mass is 9.86. The Morgan fingerprint density at radius 1 is 1.00 bits per heavy atom. The number of nitrogens with two attached hydrogens (primary N) is 1. The molecule has 4 N–H and O–H groups in total. The first-order chi connectivity index (χ1) is 12.8. The van der Waals surface area contributed by atoms with Crippen LogP contribution < -0.4 is 14.8 Å². The van der Waals surface area contributed by atoms with Crippen LogP contribution in [-0.2, 0) is 5.41 Å². The summed E-state index contributed by atoms with van der Waals surface area (Å²) in [6.45, 7) is 7.51. The van der Waals surface area contributed by atoms with Crippen LogP contribution in [0, 0.1) is 0 Å². The Hall–Kier alpha value is -2.08. The van der Waals surface area contributed by atoms with Crippen LogP contribution in [0.5, 0.6) is 11.5 Å². The van der Waals surface area contributed by atoms with E-state index in [2.05, 4.69) is 20.8 Å². The molecular weight excluding hydrogens is 342 g/mol. The SMILES string of the molecule is COc1ccc(OC[C@@H](O)C[NH2+]C[C@@H](O)c2ccccc2)c(C(C)(C)C)c1. The van der Waals surface area contributed by atoms with Crippen molar-refractivity contribution >= 4 is 0 Å².